The second-order valence-electron chi connectivity index (χ2n) is 6.46. The van der Waals surface area contributed by atoms with E-state index in [4.69, 9.17) is 0 Å². The van der Waals surface area contributed by atoms with Crippen LogP contribution in [0.5, 0.6) is 0 Å². The van der Waals surface area contributed by atoms with Crippen LogP contribution in [0.15, 0.2) is 42.6 Å². The molecule has 3 aromatic rings. The zero-order valence-electron chi connectivity index (χ0n) is 15.7. The van der Waals surface area contributed by atoms with E-state index in [0.29, 0.717) is 17.8 Å². The van der Waals surface area contributed by atoms with Crippen molar-refractivity contribution in [1.82, 2.24) is 19.7 Å². The highest BCUT2D eigenvalue weighted by molar-refractivity contribution is 5.95. The lowest BCUT2D eigenvalue weighted by Gasteiger charge is -2.08. The minimum absolute atomic E-state index is 0.253. The highest BCUT2D eigenvalue weighted by atomic mass is 16.4. The predicted octanol–water partition coefficient (Wildman–Crippen LogP) is 3.99. The summed E-state index contributed by atoms with van der Waals surface area (Å²) in [5.74, 6) is 0.918. The number of aryl methyl sites for hydroxylation is 2. The van der Waals surface area contributed by atoms with Gasteiger partial charge in [-0.1, -0.05) is 44.5 Å². The molecule has 140 valence electrons. The Bertz CT molecular complexity index is 916. The molecule has 0 aliphatic heterocycles. The van der Waals surface area contributed by atoms with Crippen LogP contribution in [0.2, 0.25) is 0 Å². The van der Waals surface area contributed by atoms with Crippen LogP contribution in [0.1, 0.15) is 54.3 Å². The Balaban J connectivity index is 1.83. The zero-order chi connectivity index (χ0) is 19.2. The van der Waals surface area contributed by atoms with Crippen LogP contribution in [-0.4, -0.2) is 30.8 Å². The smallest absolute Gasteiger partial charge is 0.336 e. The van der Waals surface area contributed by atoms with E-state index in [1.165, 1.54) is 0 Å². The monoisotopic (exact) mass is 364 g/mol. The van der Waals surface area contributed by atoms with E-state index < -0.39 is 5.97 Å². The van der Waals surface area contributed by atoms with Gasteiger partial charge in [0.2, 0.25) is 0 Å². The number of nitrogens with zero attached hydrogens (tertiary/aromatic N) is 4. The van der Waals surface area contributed by atoms with Gasteiger partial charge in [-0.2, -0.15) is 5.10 Å². The second-order valence-corrected chi connectivity index (χ2v) is 6.46. The molecule has 2 heterocycles. The number of hydrogen-bond acceptors (Lipinski definition) is 4. The first-order chi connectivity index (χ1) is 13.1. The Morgan fingerprint density at radius 1 is 1.15 bits per heavy atom. The molecule has 0 amide bonds. The maximum Gasteiger partial charge on any atom is 0.336 e. The van der Waals surface area contributed by atoms with Gasteiger partial charge in [-0.25, -0.2) is 14.5 Å². The van der Waals surface area contributed by atoms with Gasteiger partial charge < -0.3 is 5.11 Å². The summed E-state index contributed by atoms with van der Waals surface area (Å²) in [5.41, 5.74) is 2.53. The zero-order valence-corrected chi connectivity index (χ0v) is 15.7. The van der Waals surface area contributed by atoms with Crippen molar-refractivity contribution in [1.29, 1.82) is 0 Å². The summed E-state index contributed by atoms with van der Waals surface area (Å²) < 4.78 is 1.95. The third kappa shape index (κ3) is 4.39. The number of carboxylic acids is 1. The molecule has 0 radical (unpaired) electrons. The molecule has 0 saturated heterocycles. The summed E-state index contributed by atoms with van der Waals surface area (Å²) in [6.07, 6.45) is 5.72. The van der Waals surface area contributed by atoms with E-state index in [9.17, 15) is 9.90 Å². The molecule has 0 unspecified atom stereocenters. The normalized spacial score (nSPS) is 10.9. The highest BCUT2D eigenvalue weighted by Gasteiger charge is 2.13. The molecule has 2 aromatic heterocycles. The fourth-order valence-electron chi connectivity index (χ4n) is 2.97. The lowest BCUT2D eigenvalue weighted by atomic mass is 10.0. The molecule has 27 heavy (non-hydrogen) atoms. The van der Waals surface area contributed by atoms with Gasteiger partial charge in [0.15, 0.2) is 5.82 Å². The minimum Gasteiger partial charge on any atom is -0.478 e. The molecule has 0 saturated carbocycles. The first kappa shape index (κ1) is 18.8. The lowest BCUT2D eigenvalue weighted by Crippen LogP contribution is -2.08. The first-order valence-corrected chi connectivity index (χ1v) is 9.32. The van der Waals surface area contributed by atoms with Crippen molar-refractivity contribution in [2.75, 3.05) is 0 Å². The van der Waals surface area contributed by atoms with Crippen molar-refractivity contribution in [2.45, 2.75) is 46.1 Å². The molecule has 0 aliphatic rings. The highest BCUT2D eigenvalue weighted by Crippen LogP contribution is 2.22. The van der Waals surface area contributed by atoms with Gasteiger partial charge in [0, 0.05) is 24.6 Å². The molecular weight excluding hydrogens is 340 g/mol. The Kier molecular flexibility index (Phi) is 5.96. The number of carbonyl (C=O) groups is 1. The first-order valence-electron chi connectivity index (χ1n) is 9.32. The lowest BCUT2D eigenvalue weighted by molar-refractivity contribution is 0.0697. The van der Waals surface area contributed by atoms with Gasteiger partial charge >= 0.3 is 5.97 Å². The Morgan fingerprint density at radius 2 is 1.96 bits per heavy atom. The Morgan fingerprint density at radius 3 is 2.63 bits per heavy atom. The van der Waals surface area contributed by atoms with Crippen molar-refractivity contribution >= 4 is 5.97 Å². The van der Waals surface area contributed by atoms with Crippen molar-refractivity contribution in [2.24, 2.45) is 0 Å². The number of benzene rings is 1. The van der Waals surface area contributed by atoms with Crippen LogP contribution in [0.4, 0.5) is 0 Å². The van der Waals surface area contributed by atoms with Crippen molar-refractivity contribution in [3.8, 4) is 11.3 Å². The Labute approximate surface area is 158 Å². The molecule has 1 N–H and O–H groups in total. The minimum atomic E-state index is -0.952. The summed E-state index contributed by atoms with van der Waals surface area (Å²) in [4.78, 5) is 20.5. The van der Waals surface area contributed by atoms with E-state index in [1.807, 2.05) is 22.9 Å². The number of pyridine rings is 1. The Hall–Kier alpha value is -3.02. The van der Waals surface area contributed by atoms with Gasteiger partial charge in [-0.3, -0.25) is 4.98 Å². The quantitative estimate of drug-likeness (QED) is 0.653. The average molecular weight is 364 g/mol. The summed E-state index contributed by atoms with van der Waals surface area (Å²) in [7, 11) is 0. The van der Waals surface area contributed by atoms with Gasteiger partial charge in [0.1, 0.15) is 5.82 Å². The van der Waals surface area contributed by atoms with E-state index in [2.05, 4.69) is 28.9 Å². The maximum atomic E-state index is 11.4. The number of rotatable bonds is 8. The maximum absolute atomic E-state index is 11.4. The van der Waals surface area contributed by atoms with Crippen LogP contribution >= 0.6 is 0 Å². The number of aromatic nitrogens is 4. The van der Waals surface area contributed by atoms with Crippen LogP contribution in [0.3, 0.4) is 0 Å². The molecular formula is C21H24N4O2. The van der Waals surface area contributed by atoms with Crippen LogP contribution in [-0.2, 0) is 19.4 Å². The molecule has 0 spiro atoms. The standard InChI is InChI=1S/C21H24N4O2/c1-3-5-10-20-23-19(4-2)24-25(20)14-15-11-12-18(22-13-15)16-8-6-7-9-17(16)21(26)27/h6-9,11-13H,3-5,10,14H2,1-2H3,(H,26,27). The predicted molar refractivity (Wildman–Crippen MR) is 104 cm³/mol. The fraction of sp³-hybridized carbons (Fsp3) is 0.333. The van der Waals surface area contributed by atoms with Gasteiger partial charge in [-0.15, -0.1) is 0 Å². The van der Waals surface area contributed by atoms with E-state index >= 15 is 0 Å². The molecule has 3 rings (SSSR count). The fourth-order valence-corrected chi connectivity index (χ4v) is 2.97. The average Bonchev–Trinajstić information content (AvgIpc) is 3.08. The van der Waals surface area contributed by atoms with Crippen molar-refractivity contribution in [3.05, 3.63) is 65.4 Å². The third-order valence-corrected chi connectivity index (χ3v) is 4.45. The van der Waals surface area contributed by atoms with Gasteiger partial charge in [0.25, 0.3) is 0 Å². The molecule has 0 bridgehead atoms. The van der Waals surface area contributed by atoms with E-state index in [-0.39, 0.29) is 5.56 Å². The van der Waals surface area contributed by atoms with Crippen LogP contribution < -0.4 is 0 Å². The second kappa shape index (κ2) is 8.58. The van der Waals surface area contributed by atoms with E-state index in [1.54, 1.807) is 24.4 Å². The third-order valence-electron chi connectivity index (χ3n) is 4.45. The summed E-state index contributed by atoms with van der Waals surface area (Å²) in [6, 6.07) is 10.7. The topological polar surface area (TPSA) is 80.9 Å². The number of hydrogen-bond donors (Lipinski definition) is 1. The molecule has 6 nitrogen and oxygen atoms in total. The van der Waals surface area contributed by atoms with Crippen molar-refractivity contribution < 1.29 is 9.90 Å². The van der Waals surface area contributed by atoms with Gasteiger partial charge in [0.05, 0.1) is 17.8 Å². The van der Waals surface area contributed by atoms with Crippen LogP contribution in [0.25, 0.3) is 11.3 Å². The molecule has 1 aromatic carbocycles. The molecule has 6 heteroatoms. The van der Waals surface area contributed by atoms with Gasteiger partial charge in [-0.05, 0) is 24.1 Å². The SMILES string of the molecule is CCCCc1nc(CC)nn1Cc1ccc(-c2ccccc2C(=O)O)nc1. The van der Waals surface area contributed by atoms with Crippen LogP contribution in [0, 0.1) is 0 Å². The molecule has 0 aliphatic carbocycles. The molecule has 0 fully saturated rings. The largest absolute Gasteiger partial charge is 0.478 e. The number of unbranched alkanes of at least 4 members (excludes halogenated alkanes) is 1. The number of aromatic carboxylic acids is 1. The summed E-state index contributed by atoms with van der Waals surface area (Å²) in [5, 5.41) is 14.0. The molecule has 0 atom stereocenters. The summed E-state index contributed by atoms with van der Waals surface area (Å²) in [6.45, 7) is 4.83. The number of carboxylic acid groups (broad SMARTS) is 1. The summed E-state index contributed by atoms with van der Waals surface area (Å²) >= 11 is 0. The van der Waals surface area contributed by atoms with Crippen molar-refractivity contribution in [3.63, 3.8) is 0 Å². The van der Waals surface area contributed by atoms with E-state index in [0.717, 1.165) is 42.9 Å².